The van der Waals surface area contributed by atoms with E-state index in [2.05, 4.69) is 5.32 Å². The summed E-state index contributed by atoms with van der Waals surface area (Å²) in [5.74, 6) is -0.344. The van der Waals surface area contributed by atoms with Gasteiger partial charge in [0, 0.05) is 13.6 Å². The summed E-state index contributed by atoms with van der Waals surface area (Å²) in [5.41, 5.74) is 1.90. The first kappa shape index (κ1) is 16.2. The Morgan fingerprint density at radius 3 is 2.42 bits per heavy atom. The Hall–Kier alpha value is -2.66. The van der Waals surface area contributed by atoms with E-state index in [1.165, 1.54) is 0 Å². The van der Waals surface area contributed by atoms with Gasteiger partial charge in [-0.15, -0.1) is 0 Å². The molecule has 124 valence electrons. The van der Waals surface area contributed by atoms with Gasteiger partial charge in [-0.2, -0.15) is 0 Å². The van der Waals surface area contributed by atoms with Gasteiger partial charge in [-0.3, -0.25) is 9.59 Å². The van der Waals surface area contributed by atoms with Gasteiger partial charge in [0.15, 0.2) is 6.10 Å². The highest BCUT2D eigenvalue weighted by Gasteiger charge is 2.39. The van der Waals surface area contributed by atoms with E-state index in [4.69, 9.17) is 4.74 Å². The molecule has 0 bridgehead atoms. The molecule has 2 atom stereocenters. The number of nitrogens with one attached hydrogen (secondary N) is 1. The third-order valence-corrected chi connectivity index (χ3v) is 4.19. The fourth-order valence-electron chi connectivity index (χ4n) is 2.87. The first-order valence-electron chi connectivity index (χ1n) is 7.90. The molecule has 1 saturated heterocycles. The zero-order valence-electron chi connectivity index (χ0n) is 13.5. The maximum absolute atomic E-state index is 12.6. The van der Waals surface area contributed by atoms with E-state index in [0.29, 0.717) is 6.54 Å². The molecule has 1 aliphatic rings. The van der Waals surface area contributed by atoms with Gasteiger partial charge in [0.25, 0.3) is 5.91 Å². The molecule has 0 unspecified atom stereocenters. The van der Waals surface area contributed by atoms with Crippen LogP contribution in [0, 0.1) is 0 Å². The number of amides is 2. The minimum Gasteiger partial charge on any atom is -0.356 e. The smallest absolute Gasteiger partial charge is 0.251 e. The standard InChI is InChI=1S/C19H20N2O3/c1-21-16(22)13-24-18(17(21)15-10-6-3-7-11-15)19(23)20-12-14-8-4-2-5-9-14/h2-11,17-18H,12-13H2,1H3,(H,20,23)/t17-,18-/m1/s1. The second kappa shape index (κ2) is 7.27. The lowest BCUT2D eigenvalue weighted by Gasteiger charge is -2.38. The van der Waals surface area contributed by atoms with E-state index in [1.807, 2.05) is 60.7 Å². The predicted molar refractivity (Wildman–Crippen MR) is 90.0 cm³/mol. The lowest BCUT2D eigenvalue weighted by Crippen LogP contribution is -2.52. The normalized spacial score (nSPS) is 20.7. The van der Waals surface area contributed by atoms with Crippen molar-refractivity contribution in [2.45, 2.75) is 18.7 Å². The van der Waals surface area contributed by atoms with Crippen LogP contribution in [0.4, 0.5) is 0 Å². The number of hydrogen-bond acceptors (Lipinski definition) is 3. The predicted octanol–water partition coefficient (Wildman–Crippen LogP) is 1.90. The van der Waals surface area contributed by atoms with Gasteiger partial charge in [0.2, 0.25) is 5.91 Å². The fourth-order valence-corrected chi connectivity index (χ4v) is 2.87. The molecule has 0 aromatic heterocycles. The number of nitrogens with zero attached hydrogens (tertiary/aromatic N) is 1. The van der Waals surface area contributed by atoms with Crippen molar-refractivity contribution in [1.29, 1.82) is 0 Å². The van der Waals surface area contributed by atoms with Crippen molar-refractivity contribution < 1.29 is 14.3 Å². The number of hydrogen-bond donors (Lipinski definition) is 1. The Morgan fingerprint density at radius 1 is 1.12 bits per heavy atom. The van der Waals surface area contributed by atoms with Gasteiger partial charge in [0.1, 0.15) is 6.61 Å². The summed E-state index contributed by atoms with van der Waals surface area (Å²) in [6, 6.07) is 18.8. The molecule has 0 aliphatic carbocycles. The van der Waals surface area contributed by atoms with Crippen LogP contribution in [0.25, 0.3) is 0 Å². The molecular formula is C19H20N2O3. The van der Waals surface area contributed by atoms with Gasteiger partial charge in [-0.05, 0) is 11.1 Å². The number of benzene rings is 2. The van der Waals surface area contributed by atoms with Crippen molar-refractivity contribution in [2.24, 2.45) is 0 Å². The molecule has 1 heterocycles. The van der Waals surface area contributed by atoms with Crippen molar-refractivity contribution in [3.05, 3.63) is 71.8 Å². The fraction of sp³-hybridized carbons (Fsp3) is 0.263. The Balaban J connectivity index is 1.76. The third-order valence-electron chi connectivity index (χ3n) is 4.19. The Kier molecular flexibility index (Phi) is 4.91. The summed E-state index contributed by atoms with van der Waals surface area (Å²) in [6.07, 6.45) is -0.723. The summed E-state index contributed by atoms with van der Waals surface area (Å²) >= 11 is 0. The van der Waals surface area contributed by atoms with Crippen LogP contribution in [0.15, 0.2) is 60.7 Å². The summed E-state index contributed by atoms with van der Waals surface area (Å²) in [6.45, 7) is 0.349. The number of carbonyl (C=O) groups is 2. The summed E-state index contributed by atoms with van der Waals surface area (Å²) in [7, 11) is 1.71. The molecule has 0 saturated carbocycles. The molecule has 5 heteroatoms. The summed E-state index contributed by atoms with van der Waals surface area (Å²) < 4.78 is 5.57. The number of carbonyl (C=O) groups excluding carboxylic acids is 2. The molecule has 5 nitrogen and oxygen atoms in total. The maximum Gasteiger partial charge on any atom is 0.251 e. The average molecular weight is 324 g/mol. The molecular weight excluding hydrogens is 304 g/mol. The molecule has 0 spiro atoms. The molecule has 1 N–H and O–H groups in total. The molecule has 2 amide bonds. The van der Waals surface area contributed by atoms with Crippen LogP contribution >= 0.6 is 0 Å². The Labute approximate surface area is 141 Å². The van der Waals surface area contributed by atoms with E-state index in [-0.39, 0.29) is 18.4 Å². The van der Waals surface area contributed by atoms with Crippen LogP contribution in [0.3, 0.4) is 0 Å². The highest BCUT2D eigenvalue weighted by atomic mass is 16.5. The van der Waals surface area contributed by atoms with Gasteiger partial charge in [0.05, 0.1) is 6.04 Å². The topological polar surface area (TPSA) is 58.6 Å². The van der Waals surface area contributed by atoms with E-state index < -0.39 is 12.1 Å². The van der Waals surface area contributed by atoms with Gasteiger partial charge in [-0.25, -0.2) is 0 Å². The lowest BCUT2D eigenvalue weighted by molar-refractivity contribution is -0.162. The lowest BCUT2D eigenvalue weighted by atomic mass is 9.97. The van der Waals surface area contributed by atoms with E-state index in [9.17, 15) is 9.59 Å². The molecule has 2 aromatic carbocycles. The second-order valence-electron chi connectivity index (χ2n) is 5.80. The second-order valence-corrected chi connectivity index (χ2v) is 5.80. The Bertz CT molecular complexity index is 703. The van der Waals surface area contributed by atoms with Gasteiger partial charge in [-0.1, -0.05) is 60.7 Å². The first-order valence-corrected chi connectivity index (χ1v) is 7.90. The zero-order chi connectivity index (χ0) is 16.9. The Morgan fingerprint density at radius 2 is 1.75 bits per heavy atom. The number of likely N-dealkylation sites (N-methyl/N-ethyl adjacent to an activating group) is 1. The quantitative estimate of drug-likeness (QED) is 0.934. The average Bonchev–Trinajstić information content (AvgIpc) is 2.63. The highest BCUT2D eigenvalue weighted by molar-refractivity contribution is 5.86. The zero-order valence-corrected chi connectivity index (χ0v) is 13.5. The van der Waals surface area contributed by atoms with Crippen LogP contribution < -0.4 is 5.32 Å². The maximum atomic E-state index is 12.6. The summed E-state index contributed by atoms with van der Waals surface area (Å²) in [4.78, 5) is 26.2. The molecule has 1 aliphatic heterocycles. The van der Waals surface area contributed by atoms with E-state index in [1.54, 1.807) is 11.9 Å². The summed E-state index contributed by atoms with van der Waals surface area (Å²) in [5, 5.41) is 2.90. The largest absolute Gasteiger partial charge is 0.356 e. The minimum atomic E-state index is -0.723. The van der Waals surface area contributed by atoms with Crippen molar-refractivity contribution in [3.8, 4) is 0 Å². The van der Waals surface area contributed by atoms with Crippen LogP contribution in [-0.2, 0) is 20.9 Å². The SMILES string of the molecule is CN1C(=O)CO[C@@H](C(=O)NCc2ccccc2)[C@H]1c1ccccc1. The van der Waals surface area contributed by atoms with Crippen molar-refractivity contribution in [3.63, 3.8) is 0 Å². The van der Waals surface area contributed by atoms with Crippen LogP contribution in [-0.4, -0.2) is 36.5 Å². The minimum absolute atomic E-state index is 0.0801. The first-order chi connectivity index (χ1) is 11.7. The van der Waals surface area contributed by atoms with Gasteiger partial charge < -0.3 is 15.0 Å². The third kappa shape index (κ3) is 3.46. The molecule has 1 fully saturated rings. The molecule has 3 rings (SSSR count). The van der Waals surface area contributed by atoms with Crippen molar-refractivity contribution in [1.82, 2.24) is 10.2 Å². The highest BCUT2D eigenvalue weighted by Crippen LogP contribution is 2.29. The van der Waals surface area contributed by atoms with Crippen molar-refractivity contribution in [2.75, 3.05) is 13.7 Å². The van der Waals surface area contributed by atoms with Crippen LogP contribution in [0.5, 0.6) is 0 Å². The number of morpholine rings is 1. The monoisotopic (exact) mass is 324 g/mol. The van der Waals surface area contributed by atoms with Crippen LogP contribution in [0.1, 0.15) is 17.2 Å². The van der Waals surface area contributed by atoms with E-state index in [0.717, 1.165) is 11.1 Å². The van der Waals surface area contributed by atoms with Gasteiger partial charge >= 0.3 is 0 Å². The number of rotatable bonds is 4. The molecule has 2 aromatic rings. The van der Waals surface area contributed by atoms with E-state index >= 15 is 0 Å². The number of ether oxygens (including phenoxy) is 1. The van der Waals surface area contributed by atoms with Crippen LogP contribution in [0.2, 0.25) is 0 Å². The molecule has 24 heavy (non-hydrogen) atoms. The molecule has 0 radical (unpaired) electrons. The van der Waals surface area contributed by atoms with Crippen molar-refractivity contribution >= 4 is 11.8 Å².